The van der Waals surface area contributed by atoms with E-state index in [-0.39, 0.29) is 5.75 Å². The fourth-order valence-electron chi connectivity index (χ4n) is 3.18. The standard InChI is InChI=1S/C18H23N3O2/c1-11-14(10-15(19)13-4-2-3-5-16(13)22)18(20)21-17(11)12-6-8-23-9-7-12/h2-5,10,12,21-22H,6-9,19-20H2,1H3/b15-10-. The molecule has 1 aliphatic heterocycles. The topological polar surface area (TPSA) is 97.3 Å². The van der Waals surface area contributed by atoms with Crippen molar-refractivity contribution in [2.24, 2.45) is 5.73 Å². The number of nitrogen functional groups attached to an aromatic ring is 1. The number of phenols is 1. The van der Waals surface area contributed by atoms with Crippen molar-refractivity contribution in [1.82, 2.24) is 4.98 Å². The van der Waals surface area contributed by atoms with Gasteiger partial charge in [0, 0.05) is 41.6 Å². The lowest BCUT2D eigenvalue weighted by Gasteiger charge is -2.21. The van der Waals surface area contributed by atoms with Crippen molar-refractivity contribution in [2.75, 3.05) is 18.9 Å². The Morgan fingerprint density at radius 3 is 2.70 bits per heavy atom. The van der Waals surface area contributed by atoms with Crippen molar-refractivity contribution in [3.05, 3.63) is 46.6 Å². The second-order valence-corrected chi connectivity index (χ2v) is 5.99. The van der Waals surface area contributed by atoms with Crippen LogP contribution in [0.2, 0.25) is 0 Å². The summed E-state index contributed by atoms with van der Waals surface area (Å²) in [6.45, 7) is 3.63. The summed E-state index contributed by atoms with van der Waals surface area (Å²) < 4.78 is 5.43. The van der Waals surface area contributed by atoms with Gasteiger partial charge < -0.3 is 26.3 Å². The van der Waals surface area contributed by atoms with Crippen LogP contribution in [0.1, 0.15) is 41.1 Å². The first kappa shape index (κ1) is 15.5. The van der Waals surface area contributed by atoms with Gasteiger partial charge in [-0.2, -0.15) is 0 Å². The molecule has 0 aliphatic carbocycles. The smallest absolute Gasteiger partial charge is 0.124 e. The average molecular weight is 313 g/mol. The maximum absolute atomic E-state index is 9.93. The minimum Gasteiger partial charge on any atom is -0.507 e. The van der Waals surface area contributed by atoms with Crippen LogP contribution < -0.4 is 11.5 Å². The van der Waals surface area contributed by atoms with Crippen molar-refractivity contribution in [2.45, 2.75) is 25.7 Å². The number of hydrogen-bond donors (Lipinski definition) is 4. The molecule has 5 heteroatoms. The molecule has 0 atom stereocenters. The Labute approximate surface area is 136 Å². The molecule has 3 rings (SSSR count). The third kappa shape index (κ3) is 3.05. The number of aromatic amines is 1. The first-order valence-corrected chi connectivity index (χ1v) is 7.89. The first-order chi connectivity index (χ1) is 11.1. The molecular formula is C18H23N3O2. The quantitative estimate of drug-likeness (QED) is 0.700. The van der Waals surface area contributed by atoms with Crippen LogP contribution in [0.15, 0.2) is 24.3 Å². The number of nitrogens with two attached hydrogens (primary N) is 2. The van der Waals surface area contributed by atoms with Gasteiger partial charge in [0.1, 0.15) is 11.6 Å². The Kier molecular flexibility index (Phi) is 4.30. The fourth-order valence-corrected chi connectivity index (χ4v) is 3.18. The normalized spacial score (nSPS) is 16.7. The summed E-state index contributed by atoms with van der Waals surface area (Å²) in [7, 11) is 0. The lowest BCUT2D eigenvalue weighted by Crippen LogP contribution is -2.15. The molecule has 2 aromatic rings. The number of nitrogens with one attached hydrogen (secondary N) is 1. The van der Waals surface area contributed by atoms with Crippen LogP contribution in [0.5, 0.6) is 5.75 Å². The molecule has 0 amide bonds. The molecule has 0 spiro atoms. The van der Waals surface area contributed by atoms with Gasteiger partial charge in [-0.1, -0.05) is 12.1 Å². The molecule has 1 fully saturated rings. The molecule has 122 valence electrons. The molecule has 0 radical (unpaired) electrons. The Morgan fingerprint density at radius 1 is 1.30 bits per heavy atom. The van der Waals surface area contributed by atoms with E-state index in [9.17, 15) is 5.11 Å². The largest absolute Gasteiger partial charge is 0.507 e. The molecule has 0 bridgehead atoms. The minimum absolute atomic E-state index is 0.165. The van der Waals surface area contributed by atoms with Crippen LogP contribution in [0, 0.1) is 6.92 Å². The molecule has 0 saturated carbocycles. The van der Waals surface area contributed by atoms with Crippen molar-refractivity contribution >= 4 is 17.6 Å². The molecule has 2 heterocycles. The van der Waals surface area contributed by atoms with Crippen LogP contribution in [-0.2, 0) is 4.74 Å². The number of rotatable bonds is 3. The number of phenolic OH excluding ortho intramolecular Hbond substituents is 1. The number of anilines is 1. The van der Waals surface area contributed by atoms with Crippen LogP contribution in [0.3, 0.4) is 0 Å². The second kappa shape index (κ2) is 6.38. The van der Waals surface area contributed by atoms with E-state index in [2.05, 4.69) is 11.9 Å². The van der Waals surface area contributed by atoms with Gasteiger partial charge in [-0.25, -0.2) is 0 Å². The maximum Gasteiger partial charge on any atom is 0.124 e. The van der Waals surface area contributed by atoms with E-state index in [1.165, 1.54) is 5.69 Å². The van der Waals surface area contributed by atoms with Gasteiger partial charge >= 0.3 is 0 Å². The maximum atomic E-state index is 9.93. The number of H-pyrrole nitrogens is 1. The summed E-state index contributed by atoms with van der Waals surface area (Å²) in [6, 6.07) is 7.03. The predicted octanol–water partition coefficient (Wildman–Crippen LogP) is 2.96. The molecule has 0 unspecified atom stereocenters. The molecular weight excluding hydrogens is 290 g/mol. The van der Waals surface area contributed by atoms with Crippen LogP contribution >= 0.6 is 0 Å². The Hall–Kier alpha value is -2.40. The lowest BCUT2D eigenvalue weighted by atomic mass is 9.93. The predicted molar refractivity (Wildman–Crippen MR) is 92.9 cm³/mol. The number of para-hydroxylation sites is 1. The van der Waals surface area contributed by atoms with Crippen molar-refractivity contribution in [3.8, 4) is 5.75 Å². The Morgan fingerprint density at radius 2 is 2.00 bits per heavy atom. The molecule has 1 aromatic heterocycles. The zero-order chi connectivity index (χ0) is 16.4. The second-order valence-electron chi connectivity index (χ2n) is 5.99. The highest BCUT2D eigenvalue weighted by Gasteiger charge is 2.22. The number of aromatic hydroxyl groups is 1. The van der Waals surface area contributed by atoms with Crippen molar-refractivity contribution < 1.29 is 9.84 Å². The number of ether oxygens (including phenoxy) is 1. The van der Waals surface area contributed by atoms with E-state index in [0.717, 1.165) is 37.2 Å². The summed E-state index contributed by atoms with van der Waals surface area (Å²) in [5, 5.41) is 9.93. The Balaban J connectivity index is 1.95. The van der Waals surface area contributed by atoms with E-state index in [0.29, 0.717) is 23.0 Å². The molecule has 1 aliphatic rings. The third-order valence-corrected chi connectivity index (χ3v) is 4.51. The number of hydrogen-bond acceptors (Lipinski definition) is 4. The number of benzene rings is 1. The van der Waals surface area contributed by atoms with Crippen molar-refractivity contribution in [1.29, 1.82) is 0 Å². The van der Waals surface area contributed by atoms with Gasteiger partial charge in [0.05, 0.1) is 0 Å². The minimum atomic E-state index is 0.165. The van der Waals surface area contributed by atoms with Gasteiger partial charge in [-0.3, -0.25) is 0 Å². The highest BCUT2D eigenvalue weighted by Crippen LogP contribution is 2.34. The average Bonchev–Trinajstić information content (AvgIpc) is 2.84. The van der Waals surface area contributed by atoms with Crippen LogP contribution in [0.4, 0.5) is 5.82 Å². The summed E-state index contributed by atoms with van der Waals surface area (Å²) in [6.07, 6.45) is 3.83. The van der Waals surface area contributed by atoms with Gasteiger partial charge in [0.2, 0.25) is 0 Å². The molecule has 6 N–H and O–H groups in total. The summed E-state index contributed by atoms with van der Waals surface area (Å²) in [5.74, 6) is 1.22. The molecule has 1 saturated heterocycles. The lowest BCUT2D eigenvalue weighted by molar-refractivity contribution is 0.0845. The third-order valence-electron chi connectivity index (χ3n) is 4.51. The Bertz CT molecular complexity index is 728. The van der Waals surface area contributed by atoms with Gasteiger partial charge in [-0.15, -0.1) is 0 Å². The molecule has 23 heavy (non-hydrogen) atoms. The van der Waals surface area contributed by atoms with E-state index in [4.69, 9.17) is 16.2 Å². The fraction of sp³-hybridized carbons (Fsp3) is 0.333. The highest BCUT2D eigenvalue weighted by atomic mass is 16.5. The van der Waals surface area contributed by atoms with Gasteiger partial charge in [-0.05, 0) is 43.5 Å². The summed E-state index contributed by atoms with van der Waals surface area (Å²) >= 11 is 0. The molecule has 1 aromatic carbocycles. The molecule has 5 nitrogen and oxygen atoms in total. The zero-order valence-electron chi connectivity index (χ0n) is 13.3. The highest BCUT2D eigenvalue weighted by molar-refractivity contribution is 5.85. The SMILES string of the molecule is Cc1c(C2CCOCC2)[nH]c(N)c1/C=C(\N)c1ccccc1O. The monoisotopic (exact) mass is 313 g/mol. The number of aromatic nitrogens is 1. The van der Waals surface area contributed by atoms with E-state index >= 15 is 0 Å². The first-order valence-electron chi connectivity index (χ1n) is 7.89. The van der Waals surface area contributed by atoms with Gasteiger partial charge in [0.15, 0.2) is 0 Å². The van der Waals surface area contributed by atoms with E-state index < -0.39 is 0 Å². The van der Waals surface area contributed by atoms with Gasteiger partial charge in [0.25, 0.3) is 0 Å². The van der Waals surface area contributed by atoms with Crippen LogP contribution in [0.25, 0.3) is 11.8 Å². The van der Waals surface area contributed by atoms with E-state index in [1.54, 1.807) is 18.2 Å². The van der Waals surface area contributed by atoms with Crippen LogP contribution in [-0.4, -0.2) is 23.3 Å². The van der Waals surface area contributed by atoms with E-state index in [1.807, 2.05) is 12.1 Å². The van der Waals surface area contributed by atoms with Crippen molar-refractivity contribution in [3.63, 3.8) is 0 Å². The summed E-state index contributed by atoms with van der Waals surface area (Å²) in [4.78, 5) is 3.31. The zero-order valence-corrected chi connectivity index (χ0v) is 13.3. The summed E-state index contributed by atoms with van der Waals surface area (Å²) in [5.41, 5.74) is 16.6.